The van der Waals surface area contributed by atoms with Crippen molar-refractivity contribution in [1.82, 2.24) is 0 Å². The third-order valence-corrected chi connectivity index (χ3v) is 3.22. The molecule has 0 unspecified atom stereocenters. The average Bonchev–Trinajstić information content (AvgIpc) is 2.00. The van der Waals surface area contributed by atoms with Gasteiger partial charge in [-0.1, -0.05) is 34.3 Å². The summed E-state index contributed by atoms with van der Waals surface area (Å²) in [6.07, 6.45) is 0.982. The van der Waals surface area contributed by atoms with Crippen molar-refractivity contribution in [3.05, 3.63) is 12.2 Å². The van der Waals surface area contributed by atoms with Gasteiger partial charge < -0.3 is 0 Å². The van der Waals surface area contributed by atoms with Crippen LogP contribution in [0.1, 0.15) is 54.9 Å². The van der Waals surface area contributed by atoms with Gasteiger partial charge in [0.1, 0.15) is 0 Å². The minimum Gasteiger partial charge on any atom is -0.283 e. The van der Waals surface area contributed by atoms with Crippen LogP contribution in [0, 0.1) is 5.41 Å². The fraction of sp³-hybridized carbons (Fsp3) is 0.769. The molecule has 0 aliphatic rings. The van der Waals surface area contributed by atoms with Gasteiger partial charge in [-0.15, -0.1) is 0 Å². The van der Waals surface area contributed by atoms with E-state index in [4.69, 9.17) is 4.99 Å². The Hall–Kier alpha value is -0.590. The van der Waals surface area contributed by atoms with Crippen molar-refractivity contribution < 1.29 is 0 Å². The highest BCUT2D eigenvalue weighted by molar-refractivity contribution is 5.97. The number of nitrogens with zero attached hydrogens (tertiary/aromatic N) is 1. The molecule has 0 aliphatic heterocycles. The Bertz CT molecular complexity index is 238. The molecule has 0 bridgehead atoms. The molecule has 0 saturated carbocycles. The van der Waals surface area contributed by atoms with Crippen LogP contribution in [0.25, 0.3) is 0 Å². The third-order valence-electron chi connectivity index (χ3n) is 3.22. The summed E-state index contributed by atoms with van der Waals surface area (Å²) < 4.78 is 0. The Kier molecular flexibility index (Phi) is 4.11. The van der Waals surface area contributed by atoms with Gasteiger partial charge in [0.15, 0.2) is 0 Å². The van der Waals surface area contributed by atoms with Crippen LogP contribution in [0.15, 0.2) is 17.1 Å². The molecular formula is C13H25N. The predicted octanol–water partition coefficient (Wildman–Crippen LogP) is 4.24. The van der Waals surface area contributed by atoms with Crippen molar-refractivity contribution >= 4 is 5.71 Å². The van der Waals surface area contributed by atoms with Crippen molar-refractivity contribution in [3.63, 3.8) is 0 Å². The number of allylic oxidation sites excluding steroid dienone is 1. The molecule has 0 atom stereocenters. The van der Waals surface area contributed by atoms with Crippen molar-refractivity contribution in [2.75, 3.05) is 0 Å². The lowest BCUT2D eigenvalue weighted by Crippen LogP contribution is -2.35. The Balaban J connectivity index is 4.89. The zero-order valence-electron chi connectivity index (χ0n) is 10.9. The molecule has 0 heterocycles. The zero-order chi connectivity index (χ0) is 11.6. The molecule has 82 valence electrons. The summed E-state index contributed by atoms with van der Waals surface area (Å²) in [6.45, 7) is 19.2. The normalized spacial score (nSPS) is 14.4. The highest BCUT2D eigenvalue weighted by Crippen LogP contribution is 2.33. The van der Waals surface area contributed by atoms with Crippen LogP contribution in [-0.4, -0.2) is 11.3 Å². The molecule has 0 N–H and O–H groups in total. The summed E-state index contributed by atoms with van der Waals surface area (Å²) >= 11 is 0. The van der Waals surface area contributed by atoms with E-state index >= 15 is 0 Å². The van der Waals surface area contributed by atoms with E-state index in [1.54, 1.807) is 0 Å². The highest BCUT2D eigenvalue weighted by Gasteiger charge is 2.32. The van der Waals surface area contributed by atoms with E-state index in [1.165, 1.54) is 0 Å². The zero-order valence-corrected chi connectivity index (χ0v) is 10.9. The van der Waals surface area contributed by atoms with E-state index in [2.05, 4.69) is 55.0 Å². The Morgan fingerprint density at radius 1 is 1.14 bits per heavy atom. The molecule has 0 spiro atoms. The minimum absolute atomic E-state index is 0.0325. The second-order valence-electron chi connectivity index (χ2n) is 5.46. The summed E-state index contributed by atoms with van der Waals surface area (Å²) in [6, 6.07) is 0. The molecule has 0 aromatic rings. The Labute approximate surface area is 89.3 Å². The van der Waals surface area contributed by atoms with Crippen LogP contribution in [-0.2, 0) is 0 Å². The van der Waals surface area contributed by atoms with Crippen LogP contribution >= 0.6 is 0 Å². The molecule has 0 radical (unpaired) electrons. The number of aliphatic imine (C=N–C) groups is 1. The van der Waals surface area contributed by atoms with Gasteiger partial charge in [0.2, 0.25) is 0 Å². The van der Waals surface area contributed by atoms with Crippen LogP contribution in [0.5, 0.6) is 0 Å². The van der Waals surface area contributed by atoms with E-state index in [0.29, 0.717) is 0 Å². The molecule has 1 heteroatoms. The standard InChI is InChI=1S/C13H25N/c1-9-10(2)11(3)14-13(7,8)12(4,5)6/h2,9H2,1,3-8H3. The molecule has 0 saturated heterocycles. The summed E-state index contributed by atoms with van der Waals surface area (Å²) in [5.41, 5.74) is 2.38. The van der Waals surface area contributed by atoms with Crippen LogP contribution in [0.2, 0.25) is 0 Å². The molecule has 14 heavy (non-hydrogen) atoms. The van der Waals surface area contributed by atoms with Gasteiger partial charge >= 0.3 is 0 Å². The minimum atomic E-state index is -0.0325. The van der Waals surface area contributed by atoms with Gasteiger partial charge in [-0.3, -0.25) is 4.99 Å². The van der Waals surface area contributed by atoms with Crippen LogP contribution in [0.3, 0.4) is 0 Å². The fourth-order valence-electron chi connectivity index (χ4n) is 0.922. The first kappa shape index (κ1) is 13.4. The van der Waals surface area contributed by atoms with Crippen molar-refractivity contribution in [2.24, 2.45) is 10.4 Å². The molecule has 0 aromatic carbocycles. The monoisotopic (exact) mass is 195 g/mol. The van der Waals surface area contributed by atoms with Crippen molar-refractivity contribution in [2.45, 2.75) is 60.4 Å². The third kappa shape index (κ3) is 3.28. The highest BCUT2D eigenvalue weighted by atomic mass is 14.9. The van der Waals surface area contributed by atoms with Gasteiger partial charge in [-0.2, -0.15) is 0 Å². The maximum absolute atomic E-state index is 4.77. The van der Waals surface area contributed by atoms with Crippen LogP contribution < -0.4 is 0 Å². The van der Waals surface area contributed by atoms with Gasteiger partial charge in [0, 0.05) is 5.71 Å². The van der Waals surface area contributed by atoms with Gasteiger partial charge in [-0.25, -0.2) is 0 Å². The molecular weight excluding hydrogens is 170 g/mol. The summed E-state index contributed by atoms with van der Waals surface area (Å²) in [7, 11) is 0. The first-order chi connectivity index (χ1) is 6.12. The average molecular weight is 195 g/mol. The van der Waals surface area contributed by atoms with E-state index in [1.807, 2.05) is 0 Å². The molecule has 0 aliphatic carbocycles. The Morgan fingerprint density at radius 3 is 1.86 bits per heavy atom. The predicted molar refractivity (Wildman–Crippen MR) is 66.1 cm³/mol. The van der Waals surface area contributed by atoms with E-state index < -0.39 is 0 Å². The second kappa shape index (κ2) is 4.29. The summed E-state index contributed by atoms with van der Waals surface area (Å²) in [5.74, 6) is 0. The number of hydrogen-bond acceptors (Lipinski definition) is 1. The largest absolute Gasteiger partial charge is 0.283 e. The first-order valence-electron chi connectivity index (χ1n) is 5.36. The molecule has 0 fully saturated rings. The van der Waals surface area contributed by atoms with Crippen molar-refractivity contribution in [1.29, 1.82) is 0 Å². The van der Waals surface area contributed by atoms with Gasteiger partial charge in [0.25, 0.3) is 0 Å². The van der Waals surface area contributed by atoms with Gasteiger partial charge in [0.05, 0.1) is 5.54 Å². The molecule has 0 amide bonds. The Morgan fingerprint density at radius 2 is 1.57 bits per heavy atom. The lowest BCUT2D eigenvalue weighted by atomic mass is 9.76. The van der Waals surface area contributed by atoms with E-state index in [0.717, 1.165) is 17.7 Å². The first-order valence-corrected chi connectivity index (χ1v) is 5.36. The topological polar surface area (TPSA) is 12.4 Å². The SMILES string of the molecule is C=C(CC)C(C)=NC(C)(C)C(C)(C)C. The maximum atomic E-state index is 4.77. The lowest BCUT2D eigenvalue weighted by Gasteiger charge is -2.35. The maximum Gasteiger partial charge on any atom is 0.0603 e. The summed E-state index contributed by atoms with van der Waals surface area (Å²) in [4.78, 5) is 4.77. The fourth-order valence-corrected chi connectivity index (χ4v) is 0.922. The smallest absolute Gasteiger partial charge is 0.0603 e. The molecule has 0 rings (SSSR count). The second-order valence-corrected chi connectivity index (χ2v) is 5.46. The quantitative estimate of drug-likeness (QED) is 0.597. The van der Waals surface area contributed by atoms with E-state index in [9.17, 15) is 0 Å². The molecule has 0 aromatic heterocycles. The lowest BCUT2D eigenvalue weighted by molar-refractivity contribution is 0.233. The van der Waals surface area contributed by atoms with Crippen molar-refractivity contribution in [3.8, 4) is 0 Å². The number of hydrogen-bond donors (Lipinski definition) is 0. The molecule has 1 nitrogen and oxygen atoms in total. The number of rotatable bonds is 3. The van der Waals surface area contributed by atoms with Gasteiger partial charge in [-0.05, 0) is 38.2 Å². The van der Waals surface area contributed by atoms with E-state index in [-0.39, 0.29) is 11.0 Å². The van der Waals surface area contributed by atoms with Crippen LogP contribution in [0.4, 0.5) is 0 Å². The summed E-state index contributed by atoms with van der Waals surface area (Å²) in [5, 5.41) is 0.